The fourth-order valence-electron chi connectivity index (χ4n) is 1.30. The second-order valence-electron chi connectivity index (χ2n) is 3.44. The molecule has 84 valence electrons. The monoisotopic (exact) mass is 251 g/mol. The van der Waals surface area contributed by atoms with Crippen LogP contribution in [0, 0.1) is 6.92 Å². The summed E-state index contributed by atoms with van der Waals surface area (Å²) in [5.74, 6) is 1.51. The third kappa shape index (κ3) is 3.02. The van der Waals surface area contributed by atoms with Crippen LogP contribution >= 0.6 is 24.4 Å². The summed E-state index contributed by atoms with van der Waals surface area (Å²) >= 11 is 5.87. The van der Waals surface area contributed by atoms with Crippen molar-refractivity contribution in [3.8, 4) is 0 Å². The van der Waals surface area contributed by atoms with Gasteiger partial charge in [-0.2, -0.15) is 12.6 Å². The summed E-state index contributed by atoms with van der Waals surface area (Å²) in [6, 6.07) is 6.02. The van der Waals surface area contributed by atoms with E-state index in [-0.39, 0.29) is 0 Å². The van der Waals surface area contributed by atoms with Crippen LogP contribution in [-0.2, 0) is 11.5 Å². The van der Waals surface area contributed by atoms with Gasteiger partial charge in [0.25, 0.3) is 0 Å². The molecule has 2 rings (SSSR count). The summed E-state index contributed by atoms with van der Waals surface area (Å²) in [4.78, 5) is 11.9. The minimum atomic E-state index is 0.679. The first-order chi connectivity index (χ1) is 7.78. The highest BCUT2D eigenvalue weighted by atomic mass is 32.2. The van der Waals surface area contributed by atoms with Crippen LogP contribution in [0.3, 0.4) is 0 Å². The third-order valence-corrected chi connectivity index (χ3v) is 3.31. The number of hydrogen-bond acceptors (Lipinski definition) is 4. The Labute approximate surface area is 105 Å². The number of rotatable bonds is 4. The number of thiol groups is 1. The first kappa shape index (κ1) is 11.5. The number of nitrogens with one attached hydrogen (secondary N) is 1. The molecule has 0 aliphatic heterocycles. The predicted molar refractivity (Wildman–Crippen MR) is 69.8 cm³/mol. The van der Waals surface area contributed by atoms with Crippen molar-refractivity contribution in [3.05, 3.63) is 41.5 Å². The van der Waals surface area contributed by atoms with E-state index in [1.165, 1.54) is 0 Å². The van der Waals surface area contributed by atoms with Gasteiger partial charge in [0.2, 0.25) is 0 Å². The molecule has 2 heterocycles. The normalized spacial score (nSPS) is 10.6. The smallest absolute Gasteiger partial charge is 0.165 e. The maximum absolute atomic E-state index is 4.47. The zero-order chi connectivity index (χ0) is 11.4. The summed E-state index contributed by atoms with van der Waals surface area (Å²) in [6.07, 6.45) is 1.83. The van der Waals surface area contributed by atoms with Crippen LogP contribution in [0.4, 0.5) is 0 Å². The molecule has 0 aromatic carbocycles. The van der Waals surface area contributed by atoms with E-state index in [2.05, 4.69) is 27.6 Å². The van der Waals surface area contributed by atoms with Gasteiger partial charge in [0.05, 0.1) is 11.4 Å². The predicted octanol–water partition coefficient (Wildman–Crippen LogP) is 2.84. The van der Waals surface area contributed by atoms with Crippen molar-refractivity contribution in [1.82, 2.24) is 15.0 Å². The maximum Gasteiger partial charge on any atom is 0.165 e. The second-order valence-corrected chi connectivity index (χ2v) is 4.72. The Morgan fingerprint density at radius 1 is 1.38 bits per heavy atom. The Morgan fingerprint density at radius 2 is 2.19 bits per heavy atom. The van der Waals surface area contributed by atoms with E-state index in [1.807, 2.05) is 31.3 Å². The number of aryl methyl sites for hydroxylation is 1. The van der Waals surface area contributed by atoms with Crippen molar-refractivity contribution >= 4 is 24.4 Å². The SMILES string of the molecule is Cc1cnc(SCc2cccc(CS)n2)[nH]1. The van der Waals surface area contributed by atoms with E-state index < -0.39 is 0 Å². The molecule has 0 radical (unpaired) electrons. The van der Waals surface area contributed by atoms with E-state index >= 15 is 0 Å². The number of thioether (sulfide) groups is 1. The van der Waals surface area contributed by atoms with E-state index in [0.717, 1.165) is 28.0 Å². The molecule has 0 spiro atoms. The minimum absolute atomic E-state index is 0.679. The molecule has 0 bridgehead atoms. The van der Waals surface area contributed by atoms with Gasteiger partial charge < -0.3 is 4.98 Å². The fraction of sp³-hybridized carbons (Fsp3) is 0.273. The third-order valence-electron chi connectivity index (χ3n) is 2.06. The van der Waals surface area contributed by atoms with Crippen molar-refractivity contribution in [2.45, 2.75) is 23.6 Å². The van der Waals surface area contributed by atoms with Gasteiger partial charge in [-0.25, -0.2) is 4.98 Å². The average molecular weight is 251 g/mol. The lowest BCUT2D eigenvalue weighted by molar-refractivity contribution is 1.03. The van der Waals surface area contributed by atoms with Crippen molar-refractivity contribution in [1.29, 1.82) is 0 Å². The molecule has 0 saturated heterocycles. The zero-order valence-electron chi connectivity index (χ0n) is 8.97. The Bertz CT molecular complexity index is 468. The molecular weight excluding hydrogens is 238 g/mol. The van der Waals surface area contributed by atoms with E-state index in [1.54, 1.807) is 11.8 Å². The molecule has 2 aromatic rings. The van der Waals surface area contributed by atoms with Crippen LogP contribution < -0.4 is 0 Å². The lowest BCUT2D eigenvalue weighted by atomic mass is 10.3. The van der Waals surface area contributed by atoms with Gasteiger partial charge in [-0.05, 0) is 19.1 Å². The van der Waals surface area contributed by atoms with Gasteiger partial charge in [-0.3, -0.25) is 4.98 Å². The summed E-state index contributed by atoms with van der Waals surface area (Å²) in [5, 5.41) is 0.940. The molecule has 0 fully saturated rings. The van der Waals surface area contributed by atoms with Crippen LogP contribution in [-0.4, -0.2) is 15.0 Å². The second kappa shape index (κ2) is 5.41. The number of aromatic amines is 1. The Morgan fingerprint density at radius 3 is 2.88 bits per heavy atom. The van der Waals surface area contributed by atoms with Gasteiger partial charge in [-0.15, -0.1) is 0 Å². The highest BCUT2D eigenvalue weighted by molar-refractivity contribution is 7.98. The van der Waals surface area contributed by atoms with E-state index in [4.69, 9.17) is 0 Å². The molecule has 0 unspecified atom stereocenters. The Balaban J connectivity index is 1.99. The summed E-state index contributed by atoms with van der Waals surface area (Å²) in [6.45, 7) is 2.00. The highest BCUT2D eigenvalue weighted by Gasteiger charge is 2.01. The summed E-state index contributed by atoms with van der Waals surface area (Å²) in [5.41, 5.74) is 3.15. The number of imidazole rings is 1. The van der Waals surface area contributed by atoms with E-state index in [9.17, 15) is 0 Å². The fourth-order valence-corrected chi connectivity index (χ4v) is 2.28. The minimum Gasteiger partial charge on any atom is -0.337 e. The molecule has 0 atom stereocenters. The molecular formula is C11H13N3S2. The molecule has 16 heavy (non-hydrogen) atoms. The quantitative estimate of drug-likeness (QED) is 0.648. The van der Waals surface area contributed by atoms with Crippen LogP contribution in [0.5, 0.6) is 0 Å². The Hall–Kier alpha value is -0.940. The first-order valence-electron chi connectivity index (χ1n) is 4.98. The molecule has 2 aromatic heterocycles. The molecule has 1 N–H and O–H groups in total. The van der Waals surface area contributed by atoms with Gasteiger partial charge in [0.1, 0.15) is 0 Å². The number of hydrogen-bond donors (Lipinski definition) is 2. The lowest BCUT2D eigenvalue weighted by Gasteiger charge is -2.01. The van der Waals surface area contributed by atoms with Gasteiger partial charge in [-0.1, -0.05) is 17.8 Å². The van der Waals surface area contributed by atoms with Crippen LogP contribution in [0.15, 0.2) is 29.6 Å². The molecule has 3 nitrogen and oxygen atoms in total. The summed E-state index contributed by atoms with van der Waals surface area (Å²) < 4.78 is 0. The number of pyridine rings is 1. The van der Waals surface area contributed by atoms with Crippen molar-refractivity contribution in [3.63, 3.8) is 0 Å². The van der Waals surface area contributed by atoms with Gasteiger partial charge >= 0.3 is 0 Å². The molecule has 0 saturated carbocycles. The van der Waals surface area contributed by atoms with Gasteiger partial charge in [0.15, 0.2) is 5.16 Å². The topological polar surface area (TPSA) is 41.6 Å². The van der Waals surface area contributed by atoms with Crippen LogP contribution in [0.1, 0.15) is 17.1 Å². The molecule has 0 aliphatic carbocycles. The number of aromatic nitrogens is 3. The lowest BCUT2D eigenvalue weighted by Crippen LogP contribution is -1.91. The Kier molecular flexibility index (Phi) is 3.90. The zero-order valence-corrected chi connectivity index (χ0v) is 10.7. The molecule has 0 aliphatic rings. The van der Waals surface area contributed by atoms with Crippen molar-refractivity contribution in [2.75, 3.05) is 0 Å². The first-order valence-corrected chi connectivity index (χ1v) is 6.60. The number of H-pyrrole nitrogens is 1. The maximum atomic E-state index is 4.47. The van der Waals surface area contributed by atoms with Crippen LogP contribution in [0.25, 0.3) is 0 Å². The van der Waals surface area contributed by atoms with Crippen molar-refractivity contribution < 1.29 is 0 Å². The molecule has 5 heteroatoms. The summed E-state index contributed by atoms with van der Waals surface area (Å²) in [7, 11) is 0. The van der Waals surface area contributed by atoms with Gasteiger partial charge in [0, 0.05) is 23.4 Å². The largest absolute Gasteiger partial charge is 0.337 e. The van der Waals surface area contributed by atoms with Crippen LogP contribution in [0.2, 0.25) is 0 Å². The highest BCUT2D eigenvalue weighted by Crippen LogP contribution is 2.18. The number of nitrogens with zero attached hydrogens (tertiary/aromatic N) is 2. The molecule has 0 amide bonds. The van der Waals surface area contributed by atoms with Crippen molar-refractivity contribution in [2.24, 2.45) is 0 Å². The van der Waals surface area contributed by atoms with E-state index in [0.29, 0.717) is 5.75 Å². The average Bonchev–Trinajstić information content (AvgIpc) is 2.73. The standard InChI is InChI=1S/C11H13N3S2/c1-8-5-12-11(13-8)16-7-10-4-2-3-9(6-15)14-10/h2-5,15H,6-7H2,1H3,(H,12,13).